The van der Waals surface area contributed by atoms with E-state index in [0.29, 0.717) is 11.7 Å². The van der Waals surface area contributed by atoms with E-state index in [4.69, 9.17) is 14.9 Å². The maximum absolute atomic E-state index is 12.0. The van der Waals surface area contributed by atoms with Crippen molar-refractivity contribution in [1.29, 1.82) is 0 Å². The summed E-state index contributed by atoms with van der Waals surface area (Å²) in [5.41, 5.74) is 6.85. The van der Waals surface area contributed by atoms with Crippen LogP contribution in [0.3, 0.4) is 0 Å². The molecule has 1 atom stereocenters. The number of esters is 1. The van der Waals surface area contributed by atoms with E-state index in [0.717, 1.165) is 31.2 Å². The Labute approximate surface area is 129 Å². The van der Waals surface area contributed by atoms with Gasteiger partial charge < -0.3 is 14.9 Å². The summed E-state index contributed by atoms with van der Waals surface area (Å²) in [6.07, 6.45) is 6.05. The molecule has 3 rings (SSSR count). The van der Waals surface area contributed by atoms with Crippen LogP contribution in [-0.2, 0) is 16.0 Å². The average Bonchev–Trinajstić information content (AvgIpc) is 3.20. The minimum Gasteiger partial charge on any atom is -0.461 e. The lowest BCUT2D eigenvalue weighted by molar-refractivity contribution is -0.150. The van der Waals surface area contributed by atoms with Gasteiger partial charge in [0, 0.05) is 5.56 Å². The van der Waals surface area contributed by atoms with Gasteiger partial charge in [0.05, 0.1) is 12.6 Å². The van der Waals surface area contributed by atoms with Crippen LogP contribution in [0, 0.1) is 0 Å². The number of oxazole rings is 1. The predicted molar refractivity (Wildman–Crippen MR) is 82.0 cm³/mol. The van der Waals surface area contributed by atoms with Gasteiger partial charge >= 0.3 is 5.97 Å². The third-order valence-corrected chi connectivity index (χ3v) is 3.89. The monoisotopic (exact) mass is 300 g/mol. The standard InChI is InChI=1S/C17H20N2O3/c18-14(17(20)21-13-8-4-5-9-13)10-16-19-11-15(22-16)12-6-2-1-3-7-12/h1-3,6-7,11,13-14H,4-5,8-10,18H2. The van der Waals surface area contributed by atoms with Crippen LogP contribution in [0.5, 0.6) is 0 Å². The number of hydrogen-bond donors (Lipinski definition) is 1. The SMILES string of the molecule is NC(Cc1ncc(-c2ccccc2)o1)C(=O)OC1CCCC1. The number of aromatic nitrogens is 1. The van der Waals surface area contributed by atoms with Crippen LogP contribution in [0.25, 0.3) is 11.3 Å². The van der Waals surface area contributed by atoms with E-state index in [-0.39, 0.29) is 18.5 Å². The molecule has 0 radical (unpaired) electrons. The van der Waals surface area contributed by atoms with Crippen molar-refractivity contribution >= 4 is 5.97 Å². The average molecular weight is 300 g/mol. The molecule has 1 heterocycles. The Balaban J connectivity index is 1.58. The van der Waals surface area contributed by atoms with Gasteiger partial charge in [-0.3, -0.25) is 4.79 Å². The van der Waals surface area contributed by atoms with Gasteiger partial charge in [-0.2, -0.15) is 0 Å². The van der Waals surface area contributed by atoms with Crippen molar-refractivity contribution < 1.29 is 13.9 Å². The van der Waals surface area contributed by atoms with Crippen LogP contribution in [0.1, 0.15) is 31.6 Å². The molecule has 1 unspecified atom stereocenters. The molecule has 5 nitrogen and oxygen atoms in total. The molecule has 1 aromatic carbocycles. The van der Waals surface area contributed by atoms with Gasteiger partial charge in [-0.1, -0.05) is 30.3 Å². The summed E-state index contributed by atoms with van der Waals surface area (Å²) in [5, 5.41) is 0. The van der Waals surface area contributed by atoms with Crippen LogP contribution >= 0.6 is 0 Å². The normalized spacial score (nSPS) is 16.6. The number of benzene rings is 1. The Bertz CT molecular complexity index is 618. The topological polar surface area (TPSA) is 78.4 Å². The molecule has 0 saturated heterocycles. The summed E-state index contributed by atoms with van der Waals surface area (Å²) in [7, 11) is 0. The second kappa shape index (κ2) is 6.75. The van der Waals surface area contributed by atoms with E-state index in [9.17, 15) is 4.79 Å². The van der Waals surface area contributed by atoms with Crippen LogP contribution < -0.4 is 5.73 Å². The third-order valence-electron chi connectivity index (χ3n) is 3.89. The zero-order valence-corrected chi connectivity index (χ0v) is 12.4. The molecule has 22 heavy (non-hydrogen) atoms. The fraction of sp³-hybridized carbons (Fsp3) is 0.412. The fourth-order valence-corrected chi connectivity index (χ4v) is 2.67. The second-order valence-corrected chi connectivity index (χ2v) is 5.64. The molecule has 0 spiro atoms. The molecule has 1 saturated carbocycles. The number of ether oxygens (including phenoxy) is 1. The first-order valence-corrected chi connectivity index (χ1v) is 7.68. The van der Waals surface area contributed by atoms with E-state index < -0.39 is 6.04 Å². The summed E-state index contributed by atoms with van der Waals surface area (Å²) >= 11 is 0. The molecule has 1 aliphatic rings. The fourth-order valence-electron chi connectivity index (χ4n) is 2.67. The molecule has 0 bridgehead atoms. The van der Waals surface area contributed by atoms with E-state index in [1.54, 1.807) is 6.20 Å². The van der Waals surface area contributed by atoms with Crippen molar-refractivity contribution in [3.05, 3.63) is 42.4 Å². The van der Waals surface area contributed by atoms with E-state index in [2.05, 4.69) is 4.98 Å². The van der Waals surface area contributed by atoms with Gasteiger partial charge in [-0.05, 0) is 25.7 Å². The smallest absolute Gasteiger partial charge is 0.323 e. The Hall–Kier alpha value is -2.14. The summed E-state index contributed by atoms with van der Waals surface area (Å²) in [6.45, 7) is 0. The van der Waals surface area contributed by atoms with Gasteiger partial charge in [0.25, 0.3) is 0 Å². The van der Waals surface area contributed by atoms with E-state index in [1.807, 2.05) is 30.3 Å². The summed E-state index contributed by atoms with van der Waals surface area (Å²) in [6, 6.07) is 8.96. The molecule has 116 valence electrons. The first kappa shape index (κ1) is 14.8. The van der Waals surface area contributed by atoms with Crippen molar-refractivity contribution in [2.45, 2.75) is 44.2 Å². The molecule has 1 fully saturated rings. The molecular formula is C17H20N2O3. The predicted octanol–water partition coefficient (Wildman–Crippen LogP) is 2.70. The largest absolute Gasteiger partial charge is 0.461 e. The lowest BCUT2D eigenvalue weighted by atomic mass is 10.2. The quantitative estimate of drug-likeness (QED) is 0.859. The number of carbonyl (C=O) groups excluding carboxylic acids is 1. The van der Waals surface area contributed by atoms with Crippen LogP contribution in [0.2, 0.25) is 0 Å². The minimum absolute atomic E-state index is 0.0305. The Morgan fingerprint density at radius 2 is 2.05 bits per heavy atom. The number of rotatable bonds is 5. The minimum atomic E-state index is -0.733. The highest BCUT2D eigenvalue weighted by Crippen LogP contribution is 2.22. The maximum Gasteiger partial charge on any atom is 0.323 e. The lowest BCUT2D eigenvalue weighted by Gasteiger charge is -2.14. The highest BCUT2D eigenvalue weighted by molar-refractivity contribution is 5.76. The number of carbonyl (C=O) groups is 1. The van der Waals surface area contributed by atoms with Crippen molar-refractivity contribution in [3.63, 3.8) is 0 Å². The van der Waals surface area contributed by atoms with Crippen molar-refractivity contribution in [2.24, 2.45) is 5.73 Å². The van der Waals surface area contributed by atoms with E-state index >= 15 is 0 Å². The molecular weight excluding hydrogens is 280 g/mol. The van der Waals surface area contributed by atoms with Crippen LogP contribution in [-0.4, -0.2) is 23.1 Å². The van der Waals surface area contributed by atoms with Crippen molar-refractivity contribution in [2.75, 3.05) is 0 Å². The Morgan fingerprint density at radius 1 is 1.32 bits per heavy atom. The molecule has 2 aromatic rings. The second-order valence-electron chi connectivity index (χ2n) is 5.64. The zero-order chi connectivity index (χ0) is 15.4. The molecule has 0 aliphatic heterocycles. The molecule has 2 N–H and O–H groups in total. The third kappa shape index (κ3) is 3.54. The van der Waals surface area contributed by atoms with Gasteiger partial charge in [-0.15, -0.1) is 0 Å². The summed E-state index contributed by atoms with van der Waals surface area (Å²) in [4.78, 5) is 16.2. The molecule has 1 aliphatic carbocycles. The van der Waals surface area contributed by atoms with Gasteiger partial charge in [0.1, 0.15) is 12.1 Å². The molecule has 1 aromatic heterocycles. The zero-order valence-electron chi connectivity index (χ0n) is 12.4. The maximum atomic E-state index is 12.0. The number of nitrogens with two attached hydrogens (primary N) is 1. The van der Waals surface area contributed by atoms with Gasteiger partial charge in [0.2, 0.25) is 0 Å². The van der Waals surface area contributed by atoms with Crippen LogP contribution in [0.4, 0.5) is 0 Å². The molecule has 5 heteroatoms. The summed E-state index contributed by atoms with van der Waals surface area (Å²) < 4.78 is 11.1. The van der Waals surface area contributed by atoms with Gasteiger partial charge in [-0.25, -0.2) is 4.98 Å². The van der Waals surface area contributed by atoms with E-state index in [1.165, 1.54) is 0 Å². The first-order valence-electron chi connectivity index (χ1n) is 7.68. The highest BCUT2D eigenvalue weighted by atomic mass is 16.5. The molecule has 0 amide bonds. The first-order chi connectivity index (χ1) is 10.7. The van der Waals surface area contributed by atoms with Crippen molar-refractivity contribution in [1.82, 2.24) is 4.98 Å². The summed E-state index contributed by atoms with van der Waals surface area (Å²) in [5.74, 6) is 0.757. The van der Waals surface area contributed by atoms with Gasteiger partial charge in [0.15, 0.2) is 11.7 Å². The lowest BCUT2D eigenvalue weighted by Crippen LogP contribution is -2.36. The number of hydrogen-bond acceptors (Lipinski definition) is 5. The highest BCUT2D eigenvalue weighted by Gasteiger charge is 2.24. The Morgan fingerprint density at radius 3 is 2.77 bits per heavy atom. The van der Waals surface area contributed by atoms with Crippen molar-refractivity contribution in [3.8, 4) is 11.3 Å². The Kier molecular flexibility index (Phi) is 4.53. The number of nitrogens with zero attached hydrogens (tertiary/aromatic N) is 1. The van der Waals surface area contributed by atoms with Crippen LogP contribution in [0.15, 0.2) is 40.9 Å².